The van der Waals surface area contributed by atoms with Gasteiger partial charge in [0, 0.05) is 6.20 Å². The van der Waals surface area contributed by atoms with Crippen molar-refractivity contribution in [3.8, 4) is 0 Å². The monoisotopic (exact) mass is 251 g/mol. The number of aryl methyl sites for hydroxylation is 3. The zero-order valence-electron chi connectivity index (χ0n) is 13.5. The number of hydrogen-bond donors (Lipinski definition) is 0. The lowest BCUT2D eigenvalue weighted by Gasteiger charge is -1.97. The number of hydrogen-bond acceptors (Lipinski definition) is 2. The first kappa shape index (κ1) is 19.0. The molecule has 0 aliphatic rings. The predicted octanol–water partition coefficient (Wildman–Crippen LogP) is 4.73. The highest BCUT2D eigenvalue weighted by molar-refractivity contribution is 5.57. The second-order valence-electron chi connectivity index (χ2n) is 3.02. The minimum Gasteiger partial charge on any atom is -0.236 e. The van der Waals surface area contributed by atoms with Gasteiger partial charge < -0.3 is 0 Å². The van der Waals surface area contributed by atoms with Gasteiger partial charge in [-0.1, -0.05) is 41.5 Å². The molecule has 0 atom stereocenters. The highest BCUT2D eigenvalue weighted by Crippen LogP contribution is 2.13. The second-order valence-corrected chi connectivity index (χ2v) is 3.02. The van der Waals surface area contributed by atoms with Crippen molar-refractivity contribution in [3.05, 3.63) is 29.3 Å². The molecule has 0 spiro atoms. The van der Waals surface area contributed by atoms with E-state index in [4.69, 9.17) is 0 Å². The third-order valence-electron chi connectivity index (χ3n) is 2.07. The van der Waals surface area contributed by atoms with E-state index in [1.807, 2.05) is 66.0 Å². The fourth-order valence-corrected chi connectivity index (χ4v) is 1.54. The molecule has 3 heteroatoms. The molecule has 2 aromatic heterocycles. The summed E-state index contributed by atoms with van der Waals surface area (Å²) in [6.45, 7) is 18.1. The van der Waals surface area contributed by atoms with Gasteiger partial charge in [-0.15, -0.1) is 0 Å². The molecular weight excluding hydrogens is 222 g/mol. The van der Waals surface area contributed by atoms with Crippen LogP contribution in [0.15, 0.2) is 12.3 Å². The van der Waals surface area contributed by atoms with Gasteiger partial charge >= 0.3 is 0 Å². The van der Waals surface area contributed by atoms with Crippen molar-refractivity contribution in [2.24, 2.45) is 0 Å². The van der Waals surface area contributed by atoms with Gasteiger partial charge in [-0.3, -0.25) is 0 Å². The Balaban J connectivity index is 0. The summed E-state index contributed by atoms with van der Waals surface area (Å²) in [6, 6.07) is 2.00. The van der Waals surface area contributed by atoms with Crippen LogP contribution in [0.2, 0.25) is 0 Å². The topological polar surface area (TPSA) is 30.2 Å². The van der Waals surface area contributed by atoms with Crippen molar-refractivity contribution in [1.29, 1.82) is 0 Å². The molecular formula is C15H29N3. The van der Waals surface area contributed by atoms with Crippen LogP contribution >= 0.6 is 0 Å². The van der Waals surface area contributed by atoms with E-state index in [1.54, 1.807) is 6.20 Å². The van der Waals surface area contributed by atoms with Crippen molar-refractivity contribution >= 4 is 5.52 Å². The molecule has 0 N–H and O–H groups in total. The Bertz CT molecular complexity index is 430. The molecule has 3 nitrogen and oxygen atoms in total. The number of rotatable bonds is 0. The van der Waals surface area contributed by atoms with Crippen molar-refractivity contribution in [1.82, 2.24) is 14.6 Å². The van der Waals surface area contributed by atoms with Crippen LogP contribution in [0, 0.1) is 20.8 Å². The van der Waals surface area contributed by atoms with E-state index in [2.05, 4.69) is 17.0 Å². The van der Waals surface area contributed by atoms with Crippen LogP contribution in [-0.4, -0.2) is 14.6 Å². The molecule has 0 fully saturated rings. The summed E-state index contributed by atoms with van der Waals surface area (Å²) in [5.41, 5.74) is 3.41. The molecule has 104 valence electrons. The first-order valence-corrected chi connectivity index (χ1v) is 6.97. The van der Waals surface area contributed by atoms with E-state index < -0.39 is 0 Å². The molecule has 0 radical (unpaired) electrons. The average Bonchev–Trinajstić information content (AvgIpc) is 2.73. The number of imidazole rings is 1. The summed E-state index contributed by atoms with van der Waals surface area (Å²) in [5.74, 6) is 0.950. The third-order valence-corrected chi connectivity index (χ3v) is 2.07. The molecule has 2 aromatic rings. The molecule has 0 saturated heterocycles. The smallest absolute Gasteiger partial charge is 0.127 e. The molecule has 0 amide bonds. The fraction of sp³-hybridized carbons (Fsp3) is 0.600. The first-order chi connectivity index (χ1) is 8.70. The van der Waals surface area contributed by atoms with E-state index >= 15 is 0 Å². The van der Waals surface area contributed by atoms with Gasteiger partial charge in [0.25, 0.3) is 0 Å². The van der Waals surface area contributed by atoms with Crippen LogP contribution in [0.3, 0.4) is 0 Å². The lowest BCUT2D eigenvalue weighted by atomic mass is 10.2. The van der Waals surface area contributed by atoms with E-state index in [0.717, 1.165) is 17.0 Å². The van der Waals surface area contributed by atoms with Gasteiger partial charge in [0.05, 0.1) is 11.2 Å². The highest BCUT2D eigenvalue weighted by atomic mass is 15.3. The van der Waals surface area contributed by atoms with Gasteiger partial charge in [-0.2, -0.15) is 5.10 Å². The first-order valence-electron chi connectivity index (χ1n) is 6.97. The van der Waals surface area contributed by atoms with Gasteiger partial charge in [0.15, 0.2) is 0 Å². The van der Waals surface area contributed by atoms with Gasteiger partial charge in [0.2, 0.25) is 0 Å². The van der Waals surface area contributed by atoms with E-state index in [-0.39, 0.29) is 0 Å². The normalized spacial score (nSPS) is 8.28. The van der Waals surface area contributed by atoms with Crippen LogP contribution in [0.4, 0.5) is 0 Å². The van der Waals surface area contributed by atoms with Crippen LogP contribution < -0.4 is 0 Å². The molecule has 0 aliphatic carbocycles. The van der Waals surface area contributed by atoms with Crippen molar-refractivity contribution < 1.29 is 0 Å². The third kappa shape index (κ3) is 4.47. The van der Waals surface area contributed by atoms with E-state index in [9.17, 15) is 0 Å². The Kier molecular flexibility index (Phi) is 11.3. The lowest BCUT2D eigenvalue weighted by molar-refractivity contribution is 0.872. The number of fused-ring (bicyclic) bond motifs is 1. The van der Waals surface area contributed by atoms with Gasteiger partial charge in [-0.05, 0) is 32.4 Å². The zero-order chi connectivity index (χ0) is 14.7. The molecule has 18 heavy (non-hydrogen) atoms. The molecule has 0 aromatic carbocycles. The van der Waals surface area contributed by atoms with Gasteiger partial charge in [-0.25, -0.2) is 9.50 Å². The maximum Gasteiger partial charge on any atom is 0.127 e. The van der Waals surface area contributed by atoms with E-state index in [0.29, 0.717) is 0 Å². The molecule has 2 heterocycles. The molecule has 0 bridgehead atoms. The molecule has 2 rings (SSSR count). The summed E-state index contributed by atoms with van der Waals surface area (Å²) in [7, 11) is 0. The number of nitrogens with zero attached hydrogens (tertiary/aromatic N) is 3. The Morgan fingerprint density at radius 2 is 1.39 bits per heavy atom. The SMILES string of the molecule is CC.CC.CC.Cc1ccnn2c(C)nc(C)c12. The van der Waals surface area contributed by atoms with Crippen LogP contribution in [0.1, 0.15) is 58.6 Å². The van der Waals surface area contributed by atoms with Gasteiger partial charge in [0.1, 0.15) is 5.82 Å². The fourth-order valence-electron chi connectivity index (χ4n) is 1.54. The maximum absolute atomic E-state index is 4.35. The summed E-state index contributed by atoms with van der Waals surface area (Å²) < 4.78 is 1.88. The second kappa shape index (κ2) is 10.8. The predicted molar refractivity (Wildman–Crippen MR) is 81.2 cm³/mol. The Morgan fingerprint density at radius 1 is 0.889 bits per heavy atom. The van der Waals surface area contributed by atoms with E-state index in [1.165, 1.54) is 5.56 Å². The van der Waals surface area contributed by atoms with Crippen molar-refractivity contribution in [2.75, 3.05) is 0 Å². The Hall–Kier alpha value is -1.38. The standard InChI is InChI=1S/C9H11N3.3C2H6/c1-6-4-5-10-12-8(3)11-7(2)9(6)12;3*1-2/h4-5H,1-3H3;3*1-2H3. The maximum atomic E-state index is 4.35. The zero-order valence-corrected chi connectivity index (χ0v) is 13.5. The highest BCUT2D eigenvalue weighted by Gasteiger charge is 2.05. The summed E-state index contributed by atoms with van der Waals surface area (Å²) in [4.78, 5) is 4.35. The van der Waals surface area contributed by atoms with Crippen LogP contribution in [0.5, 0.6) is 0 Å². The average molecular weight is 251 g/mol. The van der Waals surface area contributed by atoms with Crippen molar-refractivity contribution in [3.63, 3.8) is 0 Å². The molecule has 0 aliphatic heterocycles. The minimum atomic E-state index is 0.950. The quantitative estimate of drug-likeness (QED) is 0.677. The summed E-state index contributed by atoms with van der Waals surface area (Å²) in [5, 5.41) is 4.22. The van der Waals surface area contributed by atoms with Crippen LogP contribution in [-0.2, 0) is 0 Å². The Labute approximate surface area is 112 Å². The van der Waals surface area contributed by atoms with Crippen LogP contribution in [0.25, 0.3) is 5.52 Å². The molecule has 0 saturated carbocycles. The lowest BCUT2D eigenvalue weighted by Crippen LogP contribution is -1.94. The Morgan fingerprint density at radius 3 is 1.83 bits per heavy atom. The van der Waals surface area contributed by atoms with Crippen molar-refractivity contribution in [2.45, 2.75) is 62.3 Å². The number of aromatic nitrogens is 3. The summed E-state index contributed by atoms with van der Waals surface area (Å²) in [6.07, 6.45) is 1.80. The minimum absolute atomic E-state index is 0.950. The molecule has 0 unspecified atom stereocenters. The summed E-state index contributed by atoms with van der Waals surface area (Å²) >= 11 is 0. The largest absolute Gasteiger partial charge is 0.236 e.